The van der Waals surface area contributed by atoms with Gasteiger partial charge in [0, 0.05) is 10.8 Å². The summed E-state index contributed by atoms with van der Waals surface area (Å²) in [4.78, 5) is 4.12. The second-order valence-electron chi connectivity index (χ2n) is 5.11. The van der Waals surface area contributed by atoms with Crippen molar-refractivity contribution in [1.82, 2.24) is 4.90 Å². The fourth-order valence-corrected chi connectivity index (χ4v) is 3.86. The van der Waals surface area contributed by atoms with E-state index < -0.39 is 0 Å². The van der Waals surface area contributed by atoms with Gasteiger partial charge in [-0.3, -0.25) is 0 Å². The Morgan fingerprint density at radius 2 is 2.22 bits per heavy atom. The van der Waals surface area contributed by atoms with Crippen LogP contribution in [0.15, 0.2) is 29.7 Å². The summed E-state index contributed by atoms with van der Waals surface area (Å²) >= 11 is 1.93. The largest absolute Gasteiger partial charge is 0.304 e. The molecule has 1 aromatic heterocycles. The van der Waals surface area contributed by atoms with Gasteiger partial charge in [-0.1, -0.05) is 32.1 Å². The standard InChI is InChI=1S/C16H25NS/c1-3-17(4-2)12-11-15(14-8-5-6-9-14)16-10-7-13-18-16/h5,7-8,10,13-15H,3-4,6,9,11-12H2,1-2H3/t14-,15+/m1/s1. The highest BCUT2D eigenvalue weighted by Crippen LogP contribution is 2.37. The molecule has 0 saturated heterocycles. The predicted octanol–water partition coefficient (Wildman–Crippen LogP) is 4.53. The van der Waals surface area contributed by atoms with Crippen molar-refractivity contribution in [3.05, 3.63) is 34.5 Å². The topological polar surface area (TPSA) is 3.24 Å². The molecule has 2 rings (SSSR count). The zero-order valence-electron chi connectivity index (χ0n) is 11.6. The molecule has 0 aliphatic heterocycles. The molecule has 0 radical (unpaired) electrons. The van der Waals surface area contributed by atoms with Crippen molar-refractivity contribution in [2.45, 2.75) is 39.0 Å². The van der Waals surface area contributed by atoms with Gasteiger partial charge < -0.3 is 4.90 Å². The minimum atomic E-state index is 0.740. The molecule has 1 aromatic rings. The normalized spacial score (nSPS) is 20.7. The molecule has 0 fully saturated rings. The molecule has 0 saturated carbocycles. The van der Waals surface area contributed by atoms with Crippen molar-refractivity contribution in [3.63, 3.8) is 0 Å². The van der Waals surface area contributed by atoms with Crippen LogP contribution in [0.3, 0.4) is 0 Å². The Kier molecular flexibility index (Phi) is 5.45. The number of thiophene rings is 1. The molecule has 2 atom stereocenters. The van der Waals surface area contributed by atoms with E-state index in [1.165, 1.54) is 38.9 Å². The van der Waals surface area contributed by atoms with Crippen LogP contribution in [0, 0.1) is 5.92 Å². The number of hydrogen-bond donors (Lipinski definition) is 0. The van der Waals surface area contributed by atoms with Crippen LogP contribution >= 0.6 is 11.3 Å². The van der Waals surface area contributed by atoms with Gasteiger partial charge in [-0.25, -0.2) is 0 Å². The molecule has 1 aliphatic carbocycles. The molecule has 100 valence electrons. The van der Waals surface area contributed by atoms with E-state index in [2.05, 4.69) is 48.4 Å². The maximum atomic E-state index is 2.54. The molecule has 1 nitrogen and oxygen atoms in total. The molecular weight excluding hydrogens is 238 g/mol. The van der Waals surface area contributed by atoms with Crippen LogP contribution < -0.4 is 0 Å². The van der Waals surface area contributed by atoms with Gasteiger partial charge in [-0.2, -0.15) is 0 Å². The van der Waals surface area contributed by atoms with E-state index in [9.17, 15) is 0 Å². The smallest absolute Gasteiger partial charge is 0.00825 e. The Hall–Kier alpha value is -0.600. The van der Waals surface area contributed by atoms with Crippen LogP contribution in [-0.4, -0.2) is 24.5 Å². The summed E-state index contributed by atoms with van der Waals surface area (Å²) in [5.74, 6) is 1.52. The Morgan fingerprint density at radius 1 is 1.39 bits per heavy atom. The van der Waals surface area contributed by atoms with Gasteiger partial charge >= 0.3 is 0 Å². The van der Waals surface area contributed by atoms with Gasteiger partial charge in [0.2, 0.25) is 0 Å². The van der Waals surface area contributed by atoms with Crippen LogP contribution in [0.1, 0.15) is 43.9 Å². The van der Waals surface area contributed by atoms with Crippen LogP contribution in [0.2, 0.25) is 0 Å². The maximum absolute atomic E-state index is 2.54. The first kappa shape index (κ1) is 13.8. The summed E-state index contributed by atoms with van der Waals surface area (Å²) in [6.45, 7) is 8.11. The first-order chi connectivity index (χ1) is 8.85. The molecule has 0 amide bonds. The molecule has 0 spiro atoms. The maximum Gasteiger partial charge on any atom is 0.00825 e. The molecule has 2 heteroatoms. The van der Waals surface area contributed by atoms with E-state index in [0.29, 0.717) is 0 Å². The zero-order chi connectivity index (χ0) is 12.8. The lowest BCUT2D eigenvalue weighted by Gasteiger charge is -2.25. The molecule has 18 heavy (non-hydrogen) atoms. The lowest BCUT2D eigenvalue weighted by atomic mass is 9.87. The van der Waals surface area contributed by atoms with E-state index in [-0.39, 0.29) is 0 Å². The molecule has 1 heterocycles. The lowest BCUT2D eigenvalue weighted by molar-refractivity contribution is 0.280. The molecule has 0 bridgehead atoms. The highest BCUT2D eigenvalue weighted by Gasteiger charge is 2.24. The van der Waals surface area contributed by atoms with Crippen LogP contribution in [0.5, 0.6) is 0 Å². The fraction of sp³-hybridized carbons (Fsp3) is 0.625. The Bertz CT molecular complexity index is 351. The molecular formula is C16H25NS. The second-order valence-corrected chi connectivity index (χ2v) is 6.09. The third kappa shape index (κ3) is 3.46. The average Bonchev–Trinajstić information content (AvgIpc) is 3.07. The SMILES string of the molecule is CCN(CC)CC[C@H](c1cccs1)[C@@H]1C=CCC1. The summed E-state index contributed by atoms with van der Waals surface area (Å²) in [7, 11) is 0. The molecule has 0 unspecified atom stereocenters. The van der Waals surface area contributed by atoms with Crippen molar-refractivity contribution in [2.24, 2.45) is 5.92 Å². The summed E-state index contributed by atoms with van der Waals surface area (Å²) in [6.07, 6.45) is 8.74. The van der Waals surface area contributed by atoms with E-state index >= 15 is 0 Å². The van der Waals surface area contributed by atoms with Gasteiger partial charge in [0.05, 0.1) is 0 Å². The van der Waals surface area contributed by atoms with Crippen molar-refractivity contribution >= 4 is 11.3 Å². The molecule has 0 aromatic carbocycles. The Balaban J connectivity index is 1.99. The van der Waals surface area contributed by atoms with Crippen molar-refractivity contribution in [2.75, 3.05) is 19.6 Å². The van der Waals surface area contributed by atoms with E-state index in [1.54, 1.807) is 4.88 Å². The zero-order valence-corrected chi connectivity index (χ0v) is 12.5. The number of hydrogen-bond acceptors (Lipinski definition) is 2. The average molecular weight is 263 g/mol. The number of allylic oxidation sites excluding steroid dienone is 2. The van der Waals surface area contributed by atoms with Crippen molar-refractivity contribution in [3.8, 4) is 0 Å². The Morgan fingerprint density at radius 3 is 2.78 bits per heavy atom. The van der Waals surface area contributed by atoms with Gasteiger partial charge in [-0.05, 0) is 56.3 Å². The van der Waals surface area contributed by atoms with Gasteiger partial charge in [-0.15, -0.1) is 11.3 Å². The van der Waals surface area contributed by atoms with Crippen molar-refractivity contribution in [1.29, 1.82) is 0 Å². The second kappa shape index (κ2) is 7.10. The summed E-state index contributed by atoms with van der Waals surface area (Å²) in [6, 6.07) is 4.52. The van der Waals surface area contributed by atoms with Crippen LogP contribution in [0.25, 0.3) is 0 Å². The monoisotopic (exact) mass is 263 g/mol. The minimum Gasteiger partial charge on any atom is -0.304 e. The van der Waals surface area contributed by atoms with E-state index in [0.717, 1.165) is 11.8 Å². The van der Waals surface area contributed by atoms with E-state index in [4.69, 9.17) is 0 Å². The summed E-state index contributed by atoms with van der Waals surface area (Å²) < 4.78 is 0. The van der Waals surface area contributed by atoms with Crippen molar-refractivity contribution < 1.29 is 0 Å². The highest BCUT2D eigenvalue weighted by molar-refractivity contribution is 7.10. The highest BCUT2D eigenvalue weighted by atomic mass is 32.1. The van der Waals surface area contributed by atoms with Gasteiger partial charge in [0.25, 0.3) is 0 Å². The van der Waals surface area contributed by atoms with Crippen LogP contribution in [-0.2, 0) is 0 Å². The van der Waals surface area contributed by atoms with E-state index in [1.807, 2.05) is 11.3 Å². The van der Waals surface area contributed by atoms with Gasteiger partial charge in [0.1, 0.15) is 0 Å². The first-order valence-corrected chi connectivity index (χ1v) is 8.15. The third-order valence-electron chi connectivity index (χ3n) is 4.13. The first-order valence-electron chi connectivity index (χ1n) is 7.27. The number of nitrogens with zero attached hydrogens (tertiary/aromatic N) is 1. The third-order valence-corrected chi connectivity index (χ3v) is 5.13. The fourth-order valence-electron chi connectivity index (χ4n) is 2.92. The quantitative estimate of drug-likeness (QED) is 0.653. The molecule has 1 aliphatic rings. The predicted molar refractivity (Wildman–Crippen MR) is 81.3 cm³/mol. The minimum absolute atomic E-state index is 0.740. The summed E-state index contributed by atoms with van der Waals surface area (Å²) in [5, 5.41) is 2.22. The Labute approximate surface area is 116 Å². The molecule has 0 N–H and O–H groups in total. The van der Waals surface area contributed by atoms with Crippen LogP contribution in [0.4, 0.5) is 0 Å². The van der Waals surface area contributed by atoms with Gasteiger partial charge in [0.15, 0.2) is 0 Å². The number of rotatable bonds is 7. The lowest BCUT2D eigenvalue weighted by Crippen LogP contribution is -2.26. The summed E-state index contributed by atoms with van der Waals surface area (Å²) in [5.41, 5.74) is 0.